The van der Waals surface area contributed by atoms with Gasteiger partial charge in [-0.25, -0.2) is 0 Å². The fraction of sp³-hybridized carbons (Fsp3) is 0.269. The molecule has 2 aliphatic heterocycles. The molecule has 34 heavy (non-hydrogen) atoms. The number of benzene rings is 2. The first-order chi connectivity index (χ1) is 16.5. The molecule has 3 aromatic rings. The van der Waals surface area contributed by atoms with Gasteiger partial charge in [0, 0.05) is 40.2 Å². The standard InChI is InChI=1S/C26H24BrN3O3S/c27-20-10-8-18(9-11-20)15-30-25(32)23(34-26(30)33)14-19-16-29(22-7-3-2-6-21(19)22)17-24(31)28-12-4-1-5-13-28/h2-3,6-11,14,16H,1,4-5,12-13,15,17H2/b23-14-. The minimum Gasteiger partial charge on any atom is -0.341 e. The average Bonchev–Trinajstić information content (AvgIpc) is 3.33. The quantitative estimate of drug-likeness (QED) is 0.394. The minimum absolute atomic E-state index is 0.113. The van der Waals surface area contributed by atoms with Gasteiger partial charge in [0.1, 0.15) is 6.54 Å². The number of carbonyl (C=O) groups excluding carboxylic acids is 3. The lowest BCUT2D eigenvalue weighted by Gasteiger charge is -2.27. The SMILES string of the molecule is O=C(Cn1cc(/C=C2\SC(=O)N(Cc3ccc(Br)cc3)C2=O)c2ccccc21)N1CCCCC1. The van der Waals surface area contributed by atoms with Crippen LogP contribution in [0.1, 0.15) is 30.4 Å². The number of halogens is 1. The van der Waals surface area contributed by atoms with Gasteiger partial charge in [0.05, 0.1) is 11.4 Å². The maximum Gasteiger partial charge on any atom is 0.293 e. The zero-order valence-corrected chi connectivity index (χ0v) is 21.0. The number of fused-ring (bicyclic) bond motifs is 1. The molecule has 1 aromatic heterocycles. The van der Waals surface area contributed by atoms with Crippen LogP contribution < -0.4 is 0 Å². The maximum absolute atomic E-state index is 13.1. The Morgan fingerprint density at radius 2 is 1.74 bits per heavy atom. The van der Waals surface area contributed by atoms with Gasteiger partial charge >= 0.3 is 0 Å². The Kier molecular flexibility index (Phi) is 6.61. The van der Waals surface area contributed by atoms with Crippen molar-refractivity contribution in [1.82, 2.24) is 14.4 Å². The number of rotatable bonds is 5. The molecule has 8 heteroatoms. The Labute approximate surface area is 210 Å². The predicted molar refractivity (Wildman–Crippen MR) is 138 cm³/mol. The molecule has 2 aromatic carbocycles. The number of amides is 3. The maximum atomic E-state index is 13.1. The van der Waals surface area contributed by atoms with Crippen LogP contribution >= 0.6 is 27.7 Å². The molecule has 0 N–H and O–H groups in total. The highest BCUT2D eigenvalue weighted by molar-refractivity contribution is 9.10. The number of piperidine rings is 1. The van der Waals surface area contributed by atoms with Crippen molar-refractivity contribution in [3.63, 3.8) is 0 Å². The van der Waals surface area contributed by atoms with Crippen LogP contribution in [0.3, 0.4) is 0 Å². The number of nitrogens with zero attached hydrogens (tertiary/aromatic N) is 3. The van der Waals surface area contributed by atoms with Gasteiger partial charge in [-0.1, -0.05) is 46.3 Å². The monoisotopic (exact) mass is 537 g/mol. The molecular weight excluding hydrogens is 514 g/mol. The summed E-state index contributed by atoms with van der Waals surface area (Å²) in [6.45, 7) is 2.13. The highest BCUT2D eigenvalue weighted by Crippen LogP contribution is 2.35. The number of thioether (sulfide) groups is 1. The van der Waals surface area contributed by atoms with Crippen molar-refractivity contribution >= 4 is 61.7 Å². The molecule has 0 spiro atoms. The summed E-state index contributed by atoms with van der Waals surface area (Å²) in [5.41, 5.74) is 2.66. The van der Waals surface area contributed by atoms with Gasteiger partial charge in [-0.05, 0) is 60.9 Å². The topological polar surface area (TPSA) is 62.6 Å². The fourth-order valence-corrected chi connectivity index (χ4v) is 5.55. The second kappa shape index (κ2) is 9.80. The van der Waals surface area contributed by atoms with Gasteiger partial charge in [0.15, 0.2) is 0 Å². The summed E-state index contributed by atoms with van der Waals surface area (Å²) in [7, 11) is 0. The van der Waals surface area contributed by atoms with E-state index in [1.807, 2.05) is 64.2 Å². The zero-order chi connectivity index (χ0) is 23.7. The summed E-state index contributed by atoms with van der Waals surface area (Å²) in [5, 5.41) is 0.678. The van der Waals surface area contributed by atoms with Crippen LogP contribution in [0.2, 0.25) is 0 Å². The third-order valence-electron chi connectivity index (χ3n) is 6.25. The summed E-state index contributed by atoms with van der Waals surface area (Å²) in [4.78, 5) is 42.1. The van der Waals surface area contributed by atoms with Crippen LogP contribution in [0.25, 0.3) is 17.0 Å². The normalized spacial score (nSPS) is 17.9. The zero-order valence-electron chi connectivity index (χ0n) is 18.6. The van der Waals surface area contributed by atoms with Gasteiger partial charge in [0.2, 0.25) is 5.91 Å². The molecule has 174 valence electrons. The fourth-order valence-electron chi connectivity index (χ4n) is 4.46. The molecule has 3 amide bonds. The van der Waals surface area contributed by atoms with Gasteiger partial charge in [-0.15, -0.1) is 0 Å². The van der Waals surface area contributed by atoms with Gasteiger partial charge in [-0.3, -0.25) is 19.3 Å². The van der Waals surface area contributed by atoms with Crippen molar-refractivity contribution < 1.29 is 14.4 Å². The Bertz CT molecular complexity index is 1290. The molecule has 0 atom stereocenters. The lowest BCUT2D eigenvalue weighted by molar-refractivity contribution is -0.132. The van der Waals surface area contributed by atoms with Crippen molar-refractivity contribution in [3.05, 3.63) is 75.2 Å². The van der Waals surface area contributed by atoms with E-state index in [2.05, 4.69) is 15.9 Å². The summed E-state index contributed by atoms with van der Waals surface area (Å²) < 4.78 is 2.89. The summed E-state index contributed by atoms with van der Waals surface area (Å²) in [6, 6.07) is 15.4. The van der Waals surface area contributed by atoms with E-state index in [-0.39, 0.29) is 30.1 Å². The van der Waals surface area contributed by atoms with E-state index < -0.39 is 0 Å². The number of aromatic nitrogens is 1. The third-order valence-corrected chi connectivity index (χ3v) is 7.68. The summed E-state index contributed by atoms with van der Waals surface area (Å²) in [5.74, 6) is -0.180. The molecule has 0 bridgehead atoms. The van der Waals surface area contributed by atoms with Crippen molar-refractivity contribution in [2.75, 3.05) is 13.1 Å². The first-order valence-corrected chi connectivity index (χ1v) is 13.0. The van der Waals surface area contributed by atoms with Crippen LogP contribution in [0, 0.1) is 0 Å². The van der Waals surface area contributed by atoms with E-state index in [0.29, 0.717) is 4.91 Å². The first kappa shape index (κ1) is 22.9. The lowest BCUT2D eigenvalue weighted by Crippen LogP contribution is -2.37. The van der Waals surface area contributed by atoms with Crippen LogP contribution in [-0.4, -0.2) is 44.5 Å². The first-order valence-electron chi connectivity index (χ1n) is 11.3. The Balaban J connectivity index is 1.40. The number of para-hydroxylation sites is 1. The second-order valence-corrected chi connectivity index (χ2v) is 10.5. The van der Waals surface area contributed by atoms with Crippen molar-refractivity contribution in [3.8, 4) is 0 Å². The molecule has 2 saturated heterocycles. The molecular formula is C26H24BrN3O3S. The molecule has 0 aliphatic carbocycles. The molecule has 0 saturated carbocycles. The van der Waals surface area contributed by atoms with E-state index in [1.54, 1.807) is 6.08 Å². The number of hydrogen-bond acceptors (Lipinski definition) is 4. The van der Waals surface area contributed by atoms with E-state index in [9.17, 15) is 14.4 Å². The molecule has 5 rings (SSSR count). The lowest BCUT2D eigenvalue weighted by atomic mass is 10.1. The van der Waals surface area contributed by atoms with Crippen molar-refractivity contribution in [2.45, 2.75) is 32.4 Å². The largest absolute Gasteiger partial charge is 0.341 e. The minimum atomic E-state index is -0.292. The third kappa shape index (κ3) is 4.70. The number of imide groups is 1. The Morgan fingerprint density at radius 1 is 1.00 bits per heavy atom. The average molecular weight is 538 g/mol. The summed E-state index contributed by atoms with van der Waals surface area (Å²) in [6.07, 6.45) is 6.97. The Morgan fingerprint density at radius 3 is 2.50 bits per heavy atom. The van der Waals surface area contributed by atoms with Crippen LogP contribution in [0.15, 0.2) is 64.1 Å². The highest BCUT2D eigenvalue weighted by Gasteiger charge is 2.35. The van der Waals surface area contributed by atoms with Gasteiger partial charge in [0.25, 0.3) is 11.1 Å². The van der Waals surface area contributed by atoms with E-state index in [4.69, 9.17) is 0 Å². The molecule has 6 nitrogen and oxygen atoms in total. The number of hydrogen-bond donors (Lipinski definition) is 0. The van der Waals surface area contributed by atoms with Crippen LogP contribution in [0.5, 0.6) is 0 Å². The Hall–Kier alpha value is -2.84. The molecule has 2 aliphatic rings. The second-order valence-electron chi connectivity index (χ2n) is 8.57. The van der Waals surface area contributed by atoms with E-state index in [0.717, 1.165) is 64.2 Å². The van der Waals surface area contributed by atoms with E-state index in [1.165, 1.54) is 11.3 Å². The van der Waals surface area contributed by atoms with Gasteiger partial charge < -0.3 is 9.47 Å². The van der Waals surface area contributed by atoms with E-state index >= 15 is 0 Å². The van der Waals surface area contributed by atoms with Crippen LogP contribution in [-0.2, 0) is 22.7 Å². The highest BCUT2D eigenvalue weighted by atomic mass is 79.9. The number of carbonyl (C=O) groups is 3. The predicted octanol–water partition coefficient (Wildman–Crippen LogP) is 5.65. The number of likely N-dealkylation sites (tertiary alicyclic amines) is 1. The van der Waals surface area contributed by atoms with Crippen LogP contribution in [0.4, 0.5) is 4.79 Å². The smallest absolute Gasteiger partial charge is 0.293 e. The molecule has 3 heterocycles. The summed E-state index contributed by atoms with van der Waals surface area (Å²) >= 11 is 4.36. The molecule has 0 unspecified atom stereocenters. The van der Waals surface area contributed by atoms with Crippen molar-refractivity contribution in [1.29, 1.82) is 0 Å². The molecule has 2 fully saturated rings. The molecule has 0 radical (unpaired) electrons. The van der Waals surface area contributed by atoms with Crippen molar-refractivity contribution in [2.24, 2.45) is 0 Å². The van der Waals surface area contributed by atoms with Gasteiger partial charge in [-0.2, -0.15) is 0 Å².